The Kier molecular flexibility index (Phi) is 10.4. The summed E-state index contributed by atoms with van der Waals surface area (Å²) in [7, 11) is 0. The van der Waals surface area contributed by atoms with Gasteiger partial charge in [-0.25, -0.2) is 4.79 Å². The number of carbonyl (C=O) groups is 5. The van der Waals surface area contributed by atoms with Gasteiger partial charge >= 0.3 is 5.97 Å². The molecule has 12 heteroatoms. The number of aliphatic hydroxyl groups excluding tert-OH is 1. The molecular formula is C19H33N5O7. The molecule has 31 heavy (non-hydrogen) atoms. The molecule has 5 unspecified atom stereocenters. The number of amides is 4. The number of carboxylic acids is 1. The maximum Gasteiger partial charge on any atom is 0.328 e. The van der Waals surface area contributed by atoms with Gasteiger partial charge in [-0.15, -0.1) is 0 Å². The van der Waals surface area contributed by atoms with E-state index in [4.69, 9.17) is 10.8 Å². The van der Waals surface area contributed by atoms with E-state index in [2.05, 4.69) is 21.3 Å². The average Bonchev–Trinajstić information content (AvgIpc) is 3.20. The molecule has 12 nitrogen and oxygen atoms in total. The zero-order chi connectivity index (χ0) is 23.7. The number of rotatable bonds is 12. The number of aliphatic carboxylic acids is 1. The lowest BCUT2D eigenvalue weighted by atomic mass is 10.0. The first-order valence-electron chi connectivity index (χ1n) is 10.3. The number of carboxylic acid groups (broad SMARTS) is 1. The summed E-state index contributed by atoms with van der Waals surface area (Å²) >= 11 is 0. The highest BCUT2D eigenvalue weighted by Gasteiger charge is 2.33. The van der Waals surface area contributed by atoms with Crippen molar-refractivity contribution in [3.05, 3.63) is 0 Å². The normalized spacial score (nSPS) is 19.7. The lowest BCUT2D eigenvalue weighted by Gasteiger charge is -2.27. The third kappa shape index (κ3) is 8.50. The minimum atomic E-state index is -1.60. The predicted octanol–water partition coefficient (Wildman–Crippen LogP) is -2.42. The molecular weight excluding hydrogens is 410 g/mol. The summed E-state index contributed by atoms with van der Waals surface area (Å²) in [6.45, 7) is 5.34. The van der Waals surface area contributed by atoms with Gasteiger partial charge in [0.15, 0.2) is 6.04 Å². The molecule has 5 atom stereocenters. The highest BCUT2D eigenvalue weighted by molar-refractivity contribution is 5.94. The van der Waals surface area contributed by atoms with Crippen LogP contribution in [0.15, 0.2) is 0 Å². The fourth-order valence-corrected chi connectivity index (χ4v) is 3.16. The van der Waals surface area contributed by atoms with Crippen LogP contribution in [-0.4, -0.2) is 76.6 Å². The van der Waals surface area contributed by atoms with Gasteiger partial charge in [-0.05, 0) is 38.6 Å². The summed E-state index contributed by atoms with van der Waals surface area (Å²) in [5.74, 6) is -4.36. The van der Waals surface area contributed by atoms with Crippen LogP contribution in [0.3, 0.4) is 0 Å². The number of nitrogens with two attached hydrogens (primary N) is 1. The van der Waals surface area contributed by atoms with E-state index in [0.29, 0.717) is 13.0 Å². The van der Waals surface area contributed by atoms with E-state index in [1.165, 1.54) is 6.92 Å². The van der Waals surface area contributed by atoms with E-state index < -0.39 is 54.0 Å². The Morgan fingerprint density at radius 2 is 1.68 bits per heavy atom. The van der Waals surface area contributed by atoms with Gasteiger partial charge in [0.1, 0.15) is 12.1 Å². The molecule has 4 amide bonds. The Morgan fingerprint density at radius 1 is 1.03 bits per heavy atom. The second-order valence-corrected chi connectivity index (χ2v) is 8.01. The molecule has 1 aliphatic heterocycles. The van der Waals surface area contributed by atoms with Crippen LogP contribution in [0.5, 0.6) is 0 Å². The summed E-state index contributed by atoms with van der Waals surface area (Å²) < 4.78 is 0. The monoisotopic (exact) mass is 443 g/mol. The van der Waals surface area contributed by atoms with Crippen molar-refractivity contribution in [3.63, 3.8) is 0 Å². The molecule has 0 aliphatic carbocycles. The third-order valence-corrected chi connectivity index (χ3v) is 4.98. The van der Waals surface area contributed by atoms with Gasteiger partial charge in [-0.1, -0.05) is 13.8 Å². The van der Waals surface area contributed by atoms with Crippen molar-refractivity contribution in [3.8, 4) is 0 Å². The summed E-state index contributed by atoms with van der Waals surface area (Å²) in [4.78, 5) is 60.2. The average molecular weight is 444 g/mol. The Morgan fingerprint density at radius 3 is 2.13 bits per heavy atom. The van der Waals surface area contributed by atoms with Gasteiger partial charge in [0, 0.05) is 6.42 Å². The fraction of sp³-hybridized carbons (Fsp3) is 0.737. The fourth-order valence-electron chi connectivity index (χ4n) is 3.16. The van der Waals surface area contributed by atoms with Crippen molar-refractivity contribution in [2.75, 3.05) is 6.54 Å². The third-order valence-electron chi connectivity index (χ3n) is 4.98. The van der Waals surface area contributed by atoms with Crippen molar-refractivity contribution in [2.24, 2.45) is 11.7 Å². The van der Waals surface area contributed by atoms with E-state index in [0.717, 1.165) is 6.42 Å². The Balaban J connectivity index is 2.91. The molecule has 0 spiro atoms. The largest absolute Gasteiger partial charge is 0.480 e. The highest BCUT2D eigenvalue weighted by atomic mass is 16.4. The maximum absolute atomic E-state index is 12.8. The van der Waals surface area contributed by atoms with Gasteiger partial charge in [0.2, 0.25) is 23.6 Å². The van der Waals surface area contributed by atoms with E-state index in [9.17, 15) is 29.1 Å². The van der Waals surface area contributed by atoms with Crippen molar-refractivity contribution in [1.29, 1.82) is 0 Å². The maximum atomic E-state index is 12.8. The molecule has 0 radical (unpaired) electrons. The molecule has 1 fully saturated rings. The zero-order valence-corrected chi connectivity index (χ0v) is 18.0. The predicted molar refractivity (Wildman–Crippen MR) is 109 cm³/mol. The number of aliphatic hydroxyl groups is 1. The summed E-state index contributed by atoms with van der Waals surface area (Å²) in [5, 5.41) is 29.0. The first-order valence-corrected chi connectivity index (χ1v) is 10.3. The van der Waals surface area contributed by atoms with Crippen molar-refractivity contribution >= 4 is 29.6 Å². The van der Waals surface area contributed by atoms with Crippen LogP contribution in [0.2, 0.25) is 0 Å². The summed E-state index contributed by atoms with van der Waals surface area (Å²) in [5.41, 5.74) is 5.13. The van der Waals surface area contributed by atoms with Crippen LogP contribution >= 0.6 is 0 Å². The van der Waals surface area contributed by atoms with Gasteiger partial charge in [0.25, 0.3) is 0 Å². The Labute approximate surface area is 180 Å². The lowest BCUT2D eigenvalue weighted by Crippen LogP contribution is -2.59. The van der Waals surface area contributed by atoms with E-state index in [-0.39, 0.29) is 24.7 Å². The Bertz CT molecular complexity index is 677. The first-order chi connectivity index (χ1) is 14.4. The number of carbonyl (C=O) groups excluding carboxylic acids is 4. The molecule has 8 N–H and O–H groups in total. The van der Waals surface area contributed by atoms with Crippen LogP contribution in [0.25, 0.3) is 0 Å². The Hall–Kier alpha value is -2.73. The number of hydrogen-bond acceptors (Lipinski definition) is 7. The van der Waals surface area contributed by atoms with Crippen LogP contribution < -0.4 is 27.0 Å². The summed E-state index contributed by atoms with van der Waals surface area (Å²) in [6, 6.07) is -4.24. The summed E-state index contributed by atoms with van der Waals surface area (Å²) in [6.07, 6.45) is -0.314. The molecule has 0 bridgehead atoms. The molecule has 0 saturated carbocycles. The smallest absolute Gasteiger partial charge is 0.328 e. The van der Waals surface area contributed by atoms with Crippen LogP contribution in [-0.2, 0) is 24.0 Å². The minimum absolute atomic E-state index is 0.179. The molecule has 1 rings (SSSR count). The van der Waals surface area contributed by atoms with Crippen LogP contribution in [0, 0.1) is 5.92 Å². The van der Waals surface area contributed by atoms with Gasteiger partial charge < -0.3 is 37.2 Å². The molecule has 1 saturated heterocycles. The molecule has 176 valence electrons. The second kappa shape index (κ2) is 12.2. The number of nitrogens with one attached hydrogen (secondary N) is 4. The minimum Gasteiger partial charge on any atom is -0.480 e. The van der Waals surface area contributed by atoms with Crippen molar-refractivity contribution in [2.45, 2.75) is 76.7 Å². The molecule has 1 aliphatic rings. The molecule has 0 aromatic carbocycles. The highest BCUT2D eigenvalue weighted by Crippen LogP contribution is 2.09. The zero-order valence-electron chi connectivity index (χ0n) is 18.0. The standard InChI is InChI=1S/C19H33N5O7/c1-9(2)14(23-16(27)11-5-4-8-21-11)18(29)22-12(6-7-13(20)26)17(28)24-15(10(3)25)19(30)31/h9-12,14-15,21,25H,4-8H2,1-3H3,(H2,20,26)(H,22,29)(H,23,27)(H,24,28)(H,30,31). The molecule has 1 heterocycles. The topological polar surface area (TPSA) is 200 Å². The van der Waals surface area contributed by atoms with Gasteiger partial charge in [-0.3, -0.25) is 19.2 Å². The SMILES string of the molecule is CC(C)C(NC(=O)C1CCCN1)C(=O)NC(CCC(N)=O)C(=O)NC(C(=O)O)C(C)O. The number of hydrogen-bond donors (Lipinski definition) is 7. The van der Waals surface area contributed by atoms with Crippen molar-refractivity contribution in [1.82, 2.24) is 21.3 Å². The second-order valence-electron chi connectivity index (χ2n) is 8.01. The first kappa shape index (κ1) is 26.3. The van der Waals surface area contributed by atoms with E-state index in [1.807, 2.05) is 0 Å². The van der Waals surface area contributed by atoms with E-state index >= 15 is 0 Å². The van der Waals surface area contributed by atoms with E-state index in [1.54, 1.807) is 13.8 Å². The van der Waals surface area contributed by atoms with Gasteiger partial charge in [-0.2, -0.15) is 0 Å². The van der Waals surface area contributed by atoms with Crippen molar-refractivity contribution < 1.29 is 34.2 Å². The van der Waals surface area contributed by atoms with Crippen LogP contribution in [0.4, 0.5) is 0 Å². The number of primary amides is 1. The lowest BCUT2D eigenvalue weighted by molar-refractivity contribution is -0.145. The van der Waals surface area contributed by atoms with Crippen LogP contribution in [0.1, 0.15) is 46.5 Å². The molecule has 0 aromatic heterocycles. The molecule has 0 aromatic rings. The van der Waals surface area contributed by atoms with Gasteiger partial charge in [0.05, 0.1) is 12.1 Å². The quantitative estimate of drug-likeness (QED) is 0.173.